The van der Waals surface area contributed by atoms with E-state index < -0.39 is 31.3 Å². The Kier molecular flexibility index (Phi) is 12.7. The number of aliphatic imine (C=N–C) groups is 1. The molecule has 0 radical (unpaired) electrons. The molecule has 4 saturated heterocycles. The molecule has 8 aliphatic rings. The molecule has 0 bridgehead atoms. The number of nitrogens with one attached hydrogen (secondary N) is 2. The molecule has 14 nitrogen and oxygen atoms in total. The van der Waals surface area contributed by atoms with Crippen molar-refractivity contribution in [2.45, 2.75) is 100 Å². The summed E-state index contributed by atoms with van der Waals surface area (Å²) in [4.78, 5) is 31.3. The summed E-state index contributed by atoms with van der Waals surface area (Å²) in [5.74, 6) is 1.08. The van der Waals surface area contributed by atoms with Crippen LogP contribution in [0.25, 0.3) is 0 Å². The summed E-state index contributed by atoms with van der Waals surface area (Å²) >= 11 is 0. The number of nitrogens with two attached hydrogens (primary N) is 1. The third-order valence-corrected chi connectivity index (χ3v) is 16.2. The number of rotatable bonds is 9. The maximum absolute atomic E-state index is 12.6. The van der Waals surface area contributed by atoms with Crippen molar-refractivity contribution >= 4 is 43.5 Å². The lowest BCUT2D eigenvalue weighted by molar-refractivity contribution is 0.135. The molecule has 316 valence electrons. The Morgan fingerprint density at radius 3 is 1.59 bits per heavy atom. The maximum atomic E-state index is 12.6. The van der Waals surface area contributed by atoms with E-state index in [1.165, 1.54) is 57.3 Å². The first-order valence-corrected chi connectivity index (χ1v) is 24.5. The van der Waals surface area contributed by atoms with Crippen molar-refractivity contribution in [3.05, 3.63) is 56.6 Å². The minimum atomic E-state index is -3.67. The number of amides is 2. The summed E-state index contributed by atoms with van der Waals surface area (Å²) in [7, 11) is -6.98. The number of carbonyl (C=O) groups excluding carboxylic acids is 2. The molecule has 58 heavy (non-hydrogen) atoms. The molecule has 4 heterocycles. The molecule has 2 aromatic rings. The molecule has 16 heteroatoms. The Morgan fingerprint density at radius 2 is 1.16 bits per heavy atom. The SMILES string of the molecule is NS(=O)(=O)C1CN(CC2CCOC2)C1.O=C(Nc1c2c(cc3c1CCC3)CCC2)NS(=O)(=O)C1CN(CC2CCOC2)C1.O=C=Nc1c2c(cc3c1CCC3)CCC2. The van der Waals surface area contributed by atoms with Gasteiger partial charge >= 0.3 is 6.03 Å². The molecule has 10 rings (SSSR count). The fraction of sp³-hybridized carbons (Fsp3) is 0.667. The van der Waals surface area contributed by atoms with Gasteiger partial charge in [0.25, 0.3) is 0 Å². The summed E-state index contributed by atoms with van der Waals surface area (Å²) in [5, 5.41) is 7.08. The van der Waals surface area contributed by atoms with E-state index in [-0.39, 0.29) is 5.25 Å². The Morgan fingerprint density at radius 1 is 0.707 bits per heavy atom. The lowest BCUT2D eigenvalue weighted by atomic mass is 9.99. The van der Waals surface area contributed by atoms with Crippen molar-refractivity contribution in [3.63, 3.8) is 0 Å². The van der Waals surface area contributed by atoms with Crippen LogP contribution in [0.5, 0.6) is 0 Å². The summed E-state index contributed by atoms with van der Waals surface area (Å²) in [6.45, 7) is 7.20. The smallest absolute Gasteiger partial charge is 0.332 e. The molecule has 4 aliphatic heterocycles. The number of isocyanates is 1. The van der Waals surface area contributed by atoms with Gasteiger partial charge in [0, 0.05) is 58.2 Å². The summed E-state index contributed by atoms with van der Waals surface area (Å²) in [5.41, 5.74) is 12.3. The monoisotopic (exact) mass is 838 g/mol. The highest BCUT2D eigenvalue weighted by Gasteiger charge is 2.40. The number of sulfonamides is 2. The van der Waals surface area contributed by atoms with E-state index in [9.17, 15) is 26.4 Å². The van der Waals surface area contributed by atoms with Gasteiger partial charge in [-0.2, -0.15) is 4.99 Å². The van der Waals surface area contributed by atoms with Crippen LogP contribution in [0.2, 0.25) is 0 Å². The zero-order valence-electron chi connectivity index (χ0n) is 33.4. The number of urea groups is 1. The average Bonchev–Trinajstić information content (AvgIpc) is 3.98. The summed E-state index contributed by atoms with van der Waals surface area (Å²) in [6.07, 6.45) is 16.9. The largest absolute Gasteiger partial charge is 0.381 e. The number of ether oxygens (including phenoxy) is 2. The van der Waals surface area contributed by atoms with Crippen LogP contribution in [-0.2, 0) is 85.7 Å². The first kappa shape index (κ1) is 41.5. The second-order valence-corrected chi connectivity index (χ2v) is 21.3. The molecule has 2 amide bonds. The molecule has 2 atom stereocenters. The second-order valence-electron chi connectivity index (χ2n) is 17.5. The van der Waals surface area contributed by atoms with E-state index in [0.717, 1.165) is 128 Å². The number of fused-ring (bicyclic) bond motifs is 4. The van der Waals surface area contributed by atoms with E-state index in [0.29, 0.717) is 38.0 Å². The molecular formula is C42H58N6O8S2. The van der Waals surface area contributed by atoms with Crippen LogP contribution >= 0.6 is 0 Å². The second kappa shape index (κ2) is 17.8. The topological polar surface area (TPSA) is 190 Å². The molecule has 2 aromatic carbocycles. The molecule has 0 saturated carbocycles. The Hall–Kier alpha value is -3.21. The van der Waals surface area contributed by atoms with Gasteiger partial charge in [0.2, 0.25) is 26.1 Å². The van der Waals surface area contributed by atoms with Gasteiger partial charge in [0.05, 0.1) is 18.9 Å². The Bertz CT molecular complexity index is 2070. The third kappa shape index (κ3) is 9.39. The number of primary sulfonamides is 1. The minimum Gasteiger partial charge on any atom is -0.381 e. The lowest BCUT2D eigenvalue weighted by Crippen LogP contribution is -2.59. The van der Waals surface area contributed by atoms with E-state index >= 15 is 0 Å². The number of carbonyl (C=O) groups is 1. The van der Waals surface area contributed by atoms with Crippen LogP contribution in [0.15, 0.2) is 17.1 Å². The number of nitrogens with zero attached hydrogens (tertiary/aromatic N) is 3. The number of aryl methyl sites for hydroxylation is 4. The predicted octanol–water partition coefficient (Wildman–Crippen LogP) is 3.46. The standard InChI is InChI=1S/C21H29N3O4S.C13H13NO.C8H16N2O3S/c25-21(22-20-18-5-1-3-15(18)9-16-4-2-6-19(16)20)23-29(26,27)17-11-24(12-17)10-14-7-8-28-13-14;15-8-14-13-11-5-1-3-9(11)7-10-4-2-6-12(10)13;9-14(11,12)8-4-10(5-8)3-7-1-2-13-6-7/h9,14,17H,1-8,10-13H2,(H2,22,23,25);7H,1-6H2;7-8H,1-6H2,(H2,9,11,12). The number of anilines is 1. The number of benzene rings is 2. The summed E-state index contributed by atoms with van der Waals surface area (Å²) < 4.78 is 60.0. The molecule has 4 N–H and O–H groups in total. The quantitative estimate of drug-likeness (QED) is 0.249. The van der Waals surface area contributed by atoms with Gasteiger partial charge in [0.1, 0.15) is 10.5 Å². The third-order valence-electron chi connectivity index (χ3n) is 13.4. The number of hydrogen-bond donors (Lipinski definition) is 3. The summed E-state index contributed by atoms with van der Waals surface area (Å²) in [6, 6.07) is 4.01. The molecule has 0 spiro atoms. The van der Waals surface area contributed by atoms with Crippen LogP contribution in [0.1, 0.15) is 83.0 Å². The van der Waals surface area contributed by atoms with Gasteiger partial charge in [-0.25, -0.2) is 36.3 Å². The van der Waals surface area contributed by atoms with Crippen LogP contribution in [0, 0.1) is 11.8 Å². The van der Waals surface area contributed by atoms with Crippen molar-refractivity contribution in [3.8, 4) is 0 Å². The highest BCUT2D eigenvalue weighted by molar-refractivity contribution is 7.90. The molecule has 4 fully saturated rings. The molecule has 0 aromatic heterocycles. The van der Waals surface area contributed by atoms with Crippen molar-refractivity contribution in [2.24, 2.45) is 22.0 Å². The Balaban J connectivity index is 0.000000135. The zero-order chi connectivity index (χ0) is 40.4. The highest BCUT2D eigenvalue weighted by Crippen LogP contribution is 2.40. The van der Waals surface area contributed by atoms with Gasteiger partial charge in [-0.3, -0.25) is 0 Å². The molecular weight excluding hydrogens is 781 g/mol. The molecule has 4 aliphatic carbocycles. The Labute approximate surface area is 342 Å². The van der Waals surface area contributed by atoms with Crippen LogP contribution in [0.3, 0.4) is 0 Å². The fourth-order valence-electron chi connectivity index (χ4n) is 10.2. The van der Waals surface area contributed by atoms with Crippen LogP contribution < -0.4 is 15.2 Å². The minimum absolute atomic E-state index is 0.343. The van der Waals surface area contributed by atoms with Crippen LogP contribution in [-0.4, -0.2) is 115 Å². The fourth-order valence-corrected chi connectivity index (χ4v) is 12.3. The maximum Gasteiger partial charge on any atom is 0.332 e. The normalized spacial score (nSPS) is 23.9. The number of hydrogen-bond acceptors (Lipinski definition) is 11. The van der Waals surface area contributed by atoms with Crippen LogP contribution in [0.4, 0.5) is 16.2 Å². The number of likely N-dealkylation sites (tertiary alicyclic amines) is 2. The van der Waals surface area contributed by atoms with Gasteiger partial charge in [-0.1, -0.05) is 12.1 Å². The first-order chi connectivity index (χ1) is 27.9. The first-order valence-electron chi connectivity index (χ1n) is 21.3. The van der Waals surface area contributed by atoms with Crippen molar-refractivity contribution in [1.82, 2.24) is 14.5 Å². The van der Waals surface area contributed by atoms with Gasteiger partial charge < -0.3 is 24.6 Å². The lowest BCUT2D eigenvalue weighted by Gasteiger charge is -2.39. The van der Waals surface area contributed by atoms with E-state index in [4.69, 9.17) is 14.6 Å². The van der Waals surface area contributed by atoms with E-state index in [1.54, 1.807) is 6.08 Å². The van der Waals surface area contributed by atoms with E-state index in [1.807, 2.05) is 0 Å². The van der Waals surface area contributed by atoms with Gasteiger partial charge in [-0.05, 0) is 146 Å². The van der Waals surface area contributed by atoms with Crippen molar-refractivity contribution in [1.29, 1.82) is 0 Å². The van der Waals surface area contributed by atoms with Gasteiger partial charge in [-0.15, -0.1) is 0 Å². The van der Waals surface area contributed by atoms with Gasteiger partial charge in [0.15, 0.2) is 0 Å². The van der Waals surface area contributed by atoms with E-state index in [2.05, 4.69) is 37.0 Å². The zero-order valence-corrected chi connectivity index (χ0v) is 35.1. The van der Waals surface area contributed by atoms with Crippen molar-refractivity contribution in [2.75, 3.05) is 71.0 Å². The highest BCUT2D eigenvalue weighted by atomic mass is 32.2. The predicted molar refractivity (Wildman–Crippen MR) is 221 cm³/mol. The van der Waals surface area contributed by atoms with Crippen molar-refractivity contribution < 1.29 is 35.9 Å². The molecule has 2 unspecified atom stereocenters. The average molecular weight is 839 g/mol.